The Morgan fingerprint density at radius 2 is 2.00 bits per heavy atom. The molecule has 2 aromatic rings. The van der Waals surface area contributed by atoms with Crippen molar-refractivity contribution in [2.75, 3.05) is 0 Å². The molecule has 0 unspecified atom stereocenters. The Hall–Kier alpha value is -2.38. The molecule has 7 heteroatoms. The minimum atomic E-state index is -3.79. The van der Waals surface area contributed by atoms with Crippen LogP contribution in [-0.4, -0.2) is 19.5 Å². The molecule has 1 heterocycles. The Morgan fingerprint density at radius 1 is 1.29 bits per heavy atom. The number of carbonyl (C=O) groups is 1. The van der Waals surface area contributed by atoms with E-state index in [0.717, 1.165) is 0 Å². The zero-order valence-corrected chi connectivity index (χ0v) is 11.9. The summed E-state index contributed by atoms with van der Waals surface area (Å²) in [5.41, 5.74) is 0.670. The van der Waals surface area contributed by atoms with Crippen LogP contribution in [0.1, 0.15) is 12.7 Å². The monoisotopic (exact) mass is 307 g/mol. The number of rotatable bonds is 4. The van der Waals surface area contributed by atoms with E-state index in [4.69, 9.17) is 14.7 Å². The minimum absolute atomic E-state index is 0.0183. The van der Waals surface area contributed by atoms with E-state index < -0.39 is 16.0 Å². The molecular weight excluding hydrogens is 294 g/mol. The van der Waals surface area contributed by atoms with E-state index in [1.54, 1.807) is 24.3 Å². The largest absolute Gasteiger partial charge is 0.478 e. The zero-order chi connectivity index (χ0) is 15.6. The fourth-order valence-corrected chi connectivity index (χ4v) is 2.25. The Bertz CT molecular complexity index is 817. The third kappa shape index (κ3) is 3.59. The van der Waals surface area contributed by atoms with E-state index >= 15 is 0 Å². The van der Waals surface area contributed by atoms with Crippen LogP contribution in [-0.2, 0) is 14.8 Å². The van der Waals surface area contributed by atoms with Gasteiger partial charge in [-0.3, -0.25) is 0 Å². The summed E-state index contributed by atoms with van der Waals surface area (Å²) in [4.78, 5) is 10.7. The summed E-state index contributed by atoms with van der Waals surface area (Å²) in [6, 6.07) is 9.23. The molecule has 21 heavy (non-hydrogen) atoms. The number of benzene rings is 1. The lowest BCUT2D eigenvalue weighted by Crippen LogP contribution is -2.11. The number of hydrogen-bond donors (Lipinski definition) is 2. The molecule has 0 spiro atoms. The van der Waals surface area contributed by atoms with Crippen LogP contribution in [0.15, 0.2) is 51.3 Å². The van der Waals surface area contributed by atoms with E-state index in [9.17, 15) is 13.2 Å². The summed E-state index contributed by atoms with van der Waals surface area (Å²) < 4.78 is 28.1. The molecule has 0 aliphatic heterocycles. The van der Waals surface area contributed by atoms with Crippen molar-refractivity contribution < 1.29 is 22.7 Å². The highest BCUT2D eigenvalue weighted by molar-refractivity contribution is 7.89. The molecule has 0 saturated heterocycles. The van der Waals surface area contributed by atoms with Crippen molar-refractivity contribution in [1.29, 1.82) is 0 Å². The normalized spacial score (nSPS) is 12.4. The molecule has 0 aliphatic rings. The molecule has 0 aliphatic carbocycles. The summed E-state index contributed by atoms with van der Waals surface area (Å²) in [6.07, 6.45) is 1.38. The first kappa shape index (κ1) is 15.0. The van der Waals surface area contributed by atoms with Crippen LogP contribution in [0.3, 0.4) is 0 Å². The quantitative estimate of drug-likeness (QED) is 0.840. The van der Waals surface area contributed by atoms with Crippen LogP contribution in [0.2, 0.25) is 0 Å². The molecule has 0 saturated carbocycles. The lowest BCUT2D eigenvalue weighted by molar-refractivity contribution is -0.132. The van der Waals surface area contributed by atoms with E-state index in [1.165, 1.54) is 25.1 Å². The van der Waals surface area contributed by atoms with Crippen molar-refractivity contribution in [2.45, 2.75) is 11.8 Å². The molecular formula is C14H13NO5S. The lowest BCUT2D eigenvalue weighted by Gasteiger charge is -2.01. The van der Waals surface area contributed by atoms with E-state index in [0.29, 0.717) is 17.1 Å². The predicted molar refractivity (Wildman–Crippen MR) is 76.8 cm³/mol. The van der Waals surface area contributed by atoms with Crippen molar-refractivity contribution in [3.05, 3.63) is 47.7 Å². The third-order valence-electron chi connectivity index (χ3n) is 2.77. The van der Waals surface area contributed by atoms with Gasteiger partial charge in [0.15, 0.2) is 0 Å². The Labute approximate surface area is 121 Å². The predicted octanol–water partition coefficient (Wildman–Crippen LogP) is 2.08. The van der Waals surface area contributed by atoms with Gasteiger partial charge < -0.3 is 9.52 Å². The second kappa shape index (κ2) is 5.55. The van der Waals surface area contributed by atoms with Crippen molar-refractivity contribution in [3.63, 3.8) is 0 Å². The third-order valence-corrected chi connectivity index (χ3v) is 3.68. The minimum Gasteiger partial charge on any atom is -0.478 e. The molecule has 0 radical (unpaired) electrons. The zero-order valence-electron chi connectivity index (χ0n) is 11.1. The van der Waals surface area contributed by atoms with E-state index in [2.05, 4.69) is 0 Å². The second-order valence-electron chi connectivity index (χ2n) is 4.41. The van der Waals surface area contributed by atoms with Crippen LogP contribution < -0.4 is 5.14 Å². The first-order chi connectivity index (χ1) is 9.77. The molecule has 0 bridgehead atoms. The molecule has 1 aromatic carbocycles. The van der Waals surface area contributed by atoms with Gasteiger partial charge in [0.05, 0.1) is 4.90 Å². The number of nitrogens with two attached hydrogens (primary N) is 1. The summed E-state index contributed by atoms with van der Waals surface area (Å²) in [5, 5.41) is 13.9. The van der Waals surface area contributed by atoms with Crippen molar-refractivity contribution in [2.24, 2.45) is 5.14 Å². The number of carboxylic acids is 1. The van der Waals surface area contributed by atoms with Gasteiger partial charge in [0.1, 0.15) is 11.5 Å². The highest BCUT2D eigenvalue weighted by atomic mass is 32.2. The topological polar surface area (TPSA) is 111 Å². The van der Waals surface area contributed by atoms with Crippen LogP contribution in [0.25, 0.3) is 17.4 Å². The van der Waals surface area contributed by atoms with Gasteiger partial charge in [-0.25, -0.2) is 18.4 Å². The number of furan rings is 1. The Balaban J connectivity index is 2.39. The van der Waals surface area contributed by atoms with Crippen LogP contribution in [0.4, 0.5) is 0 Å². The molecule has 110 valence electrons. The molecule has 3 N–H and O–H groups in total. The second-order valence-corrected chi connectivity index (χ2v) is 5.97. The van der Waals surface area contributed by atoms with Crippen LogP contribution >= 0.6 is 0 Å². The Morgan fingerprint density at radius 3 is 2.62 bits per heavy atom. The van der Waals surface area contributed by atoms with Gasteiger partial charge in [0.25, 0.3) is 0 Å². The highest BCUT2D eigenvalue weighted by Gasteiger charge is 2.11. The molecule has 0 fully saturated rings. The van der Waals surface area contributed by atoms with Crippen molar-refractivity contribution >= 4 is 22.1 Å². The first-order valence-electron chi connectivity index (χ1n) is 5.92. The summed E-state index contributed by atoms with van der Waals surface area (Å²) >= 11 is 0. The maximum atomic E-state index is 11.3. The van der Waals surface area contributed by atoms with Gasteiger partial charge in [-0.05, 0) is 37.3 Å². The van der Waals surface area contributed by atoms with Crippen molar-refractivity contribution in [1.82, 2.24) is 0 Å². The Kier molecular flexibility index (Phi) is 3.97. The highest BCUT2D eigenvalue weighted by Crippen LogP contribution is 2.25. The number of sulfonamides is 1. The van der Waals surface area contributed by atoms with Gasteiger partial charge in [0.2, 0.25) is 10.0 Å². The number of aliphatic carboxylic acids is 1. The summed E-state index contributed by atoms with van der Waals surface area (Å²) in [5.74, 6) is -0.250. The molecule has 6 nitrogen and oxygen atoms in total. The average Bonchev–Trinajstić information content (AvgIpc) is 2.86. The number of primary sulfonamides is 1. The standard InChI is InChI=1S/C14H13NO5S/c1-9(14(16)17)7-11-5-6-13(20-11)10-3-2-4-12(8-10)21(15,18)19/h2-8H,1H3,(H,16,17)(H2,15,18,19)/b9-7+. The number of hydrogen-bond acceptors (Lipinski definition) is 4. The SMILES string of the molecule is C/C(=C\c1ccc(-c2cccc(S(N)(=O)=O)c2)o1)C(=O)O. The van der Waals surface area contributed by atoms with E-state index in [-0.39, 0.29) is 10.5 Å². The van der Waals surface area contributed by atoms with Crippen molar-refractivity contribution in [3.8, 4) is 11.3 Å². The van der Waals surface area contributed by atoms with Gasteiger partial charge in [0, 0.05) is 11.1 Å². The van der Waals surface area contributed by atoms with Crippen LogP contribution in [0, 0.1) is 0 Å². The summed E-state index contributed by atoms with van der Waals surface area (Å²) in [7, 11) is -3.79. The van der Waals surface area contributed by atoms with Gasteiger partial charge in [-0.2, -0.15) is 0 Å². The van der Waals surface area contributed by atoms with Crippen LogP contribution in [0.5, 0.6) is 0 Å². The van der Waals surface area contributed by atoms with Gasteiger partial charge in [-0.1, -0.05) is 12.1 Å². The average molecular weight is 307 g/mol. The van der Waals surface area contributed by atoms with E-state index in [1.807, 2.05) is 0 Å². The lowest BCUT2D eigenvalue weighted by atomic mass is 10.2. The first-order valence-corrected chi connectivity index (χ1v) is 7.46. The maximum absolute atomic E-state index is 11.3. The fraction of sp³-hybridized carbons (Fsp3) is 0.0714. The molecule has 2 rings (SSSR count). The fourth-order valence-electron chi connectivity index (χ4n) is 1.69. The molecule has 1 aromatic heterocycles. The smallest absolute Gasteiger partial charge is 0.331 e. The maximum Gasteiger partial charge on any atom is 0.331 e. The van der Waals surface area contributed by atoms with Gasteiger partial charge in [-0.15, -0.1) is 0 Å². The summed E-state index contributed by atoms with van der Waals surface area (Å²) in [6.45, 7) is 1.45. The molecule has 0 amide bonds. The number of carboxylic acid groups (broad SMARTS) is 1. The van der Waals surface area contributed by atoms with Gasteiger partial charge >= 0.3 is 5.97 Å². The molecule has 0 atom stereocenters.